The number of amides is 2. The van der Waals surface area contributed by atoms with Crippen molar-refractivity contribution in [3.63, 3.8) is 0 Å². The zero-order valence-electron chi connectivity index (χ0n) is 21.4. The van der Waals surface area contributed by atoms with Gasteiger partial charge in [-0.05, 0) is 43.4 Å². The van der Waals surface area contributed by atoms with Crippen LogP contribution in [0.4, 0.5) is 4.79 Å². The smallest absolute Gasteiger partial charge is 0.407 e. The van der Waals surface area contributed by atoms with E-state index in [4.69, 9.17) is 9.51 Å². The van der Waals surface area contributed by atoms with Crippen molar-refractivity contribution in [1.29, 1.82) is 0 Å². The van der Waals surface area contributed by atoms with Crippen molar-refractivity contribution < 1.29 is 19.2 Å². The number of benzene rings is 1. The summed E-state index contributed by atoms with van der Waals surface area (Å²) in [5, 5.41) is 16.3. The Balaban J connectivity index is 1.36. The molecule has 2 amide bonds. The highest BCUT2D eigenvalue weighted by atomic mass is 16.5. The SMILES string of the molecule is Cc1nocc1C(=O)NC(c1nc2ccc(CN3CCN(C(=O)O)CC3)cc2[nH]1)C1CCCCCCC1. The molecule has 0 spiro atoms. The molecule has 10 heteroatoms. The number of piperazine rings is 1. The normalized spacial score (nSPS) is 18.9. The summed E-state index contributed by atoms with van der Waals surface area (Å²) in [6.45, 7) is 5.02. The topological polar surface area (TPSA) is 128 Å². The largest absolute Gasteiger partial charge is 0.465 e. The van der Waals surface area contributed by atoms with Crippen LogP contribution in [0, 0.1) is 12.8 Å². The van der Waals surface area contributed by atoms with Crippen molar-refractivity contribution in [2.24, 2.45) is 5.92 Å². The molecule has 3 N–H and O–H groups in total. The van der Waals surface area contributed by atoms with Crippen LogP contribution in [-0.2, 0) is 6.54 Å². The molecule has 1 atom stereocenters. The third-order valence-corrected chi connectivity index (χ3v) is 7.81. The van der Waals surface area contributed by atoms with Gasteiger partial charge in [0, 0.05) is 32.7 Å². The third kappa shape index (κ3) is 5.95. The van der Waals surface area contributed by atoms with E-state index < -0.39 is 6.09 Å². The molecule has 1 aliphatic heterocycles. The average molecular weight is 509 g/mol. The molecule has 1 saturated carbocycles. The molecule has 198 valence electrons. The highest BCUT2D eigenvalue weighted by Gasteiger charge is 2.29. The van der Waals surface area contributed by atoms with Crippen LogP contribution in [0.5, 0.6) is 0 Å². The first-order valence-electron chi connectivity index (χ1n) is 13.4. The second-order valence-electron chi connectivity index (χ2n) is 10.4. The fraction of sp³-hybridized carbons (Fsp3) is 0.556. The molecule has 0 bridgehead atoms. The van der Waals surface area contributed by atoms with Gasteiger partial charge in [0.15, 0.2) is 0 Å². The maximum atomic E-state index is 13.2. The molecule has 3 heterocycles. The Kier molecular flexibility index (Phi) is 7.73. The Labute approximate surface area is 216 Å². The van der Waals surface area contributed by atoms with Crippen molar-refractivity contribution in [2.45, 2.75) is 64.5 Å². The number of carbonyl (C=O) groups is 2. The molecule has 5 rings (SSSR count). The van der Waals surface area contributed by atoms with Gasteiger partial charge >= 0.3 is 6.09 Å². The molecule has 37 heavy (non-hydrogen) atoms. The summed E-state index contributed by atoms with van der Waals surface area (Å²) < 4.78 is 5.01. The number of aryl methyl sites for hydroxylation is 1. The minimum absolute atomic E-state index is 0.188. The zero-order chi connectivity index (χ0) is 25.8. The lowest BCUT2D eigenvalue weighted by molar-refractivity contribution is 0.0910. The van der Waals surface area contributed by atoms with Crippen molar-refractivity contribution in [2.75, 3.05) is 26.2 Å². The van der Waals surface area contributed by atoms with Crippen LogP contribution in [-0.4, -0.2) is 68.2 Å². The van der Waals surface area contributed by atoms with E-state index in [2.05, 4.69) is 32.5 Å². The van der Waals surface area contributed by atoms with Gasteiger partial charge in [-0.15, -0.1) is 0 Å². The Morgan fingerprint density at radius 3 is 2.54 bits per heavy atom. The van der Waals surface area contributed by atoms with E-state index in [0.717, 1.165) is 67.7 Å². The molecule has 2 aromatic heterocycles. The summed E-state index contributed by atoms with van der Waals surface area (Å²) in [7, 11) is 0. The number of aromatic nitrogens is 3. The first-order chi connectivity index (χ1) is 18.0. The van der Waals surface area contributed by atoms with Crippen LogP contribution in [0.2, 0.25) is 0 Å². The number of nitrogens with zero attached hydrogens (tertiary/aromatic N) is 4. The predicted molar refractivity (Wildman–Crippen MR) is 138 cm³/mol. The fourth-order valence-electron chi connectivity index (χ4n) is 5.64. The molecule has 3 aromatic rings. The van der Waals surface area contributed by atoms with E-state index >= 15 is 0 Å². The minimum Gasteiger partial charge on any atom is -0.465 e. The Morgan fingerprint density at radius 2 is 1.86 bits per heavy atom. The number of carboxylic acid groups (broad SMARTS) is 1. The van der Waals surface area contributed by atoms with E-state index in [1.807, 2.05) is 6.07 Å². The number of nitrogens with one attached hydrogen (secondary N) is 2. The maximum absolute atomic E-state index is 13.2. The second kappa shape index (κ2) is 11.3. The zero-order valence-corrected chi connectivity index (χ0v) is 21.4. The summed E-state index contributed by atoms with van der Waals surface area (Å²) in [5.74, 6) is 0.901. The molecule has 1 unspecified atom stereocenters. The average Bonchev–Trinajstić information content (AvgIpc) is 3.49. The van der Waals surface area contributed by atoms with Gasteiger partial charge in [-0.3, -0.25) is 9.69 Å². The first-order valence-corrected chi connectivity index (χ1v) is 13.4. The Hall–Kier alpha value is -3.40. The highest BCUT2D eigenvalue weighted by molar-refractivity contribution is 5.95. The molecule has 1 aliphatic carbocycles. The van der Waals surface area contributed by atoms with E-state index in [9.17, 15) is 14.7 Å². The number of fused-ring (bicyclic) bond motifs is 1. The van der Waals surface area contributed by atoms with Crippen LogP contribution in [0.15, 0.2) is 29.0 Å². The minimum atomic E-state index is -0.851. The molecule has 0 radical (unpaired) electrons. The Bertz CT molecular complexity index is 1220. The van der Waals surface area contributed by atoms with Gasteiger partial charge in [-0.2, -0.15) is 0 Å². The first kappa shape index (κ1) is 25.3. The van der Waals surface area contributed by atoms with Crippen molar-refractivity contribution in [1.82, 2.24) is 30.2 Å². The summed E-state index contributed by atoms with van der Waals surface area (Å²) in [4.78, 5) is 36.5. The number of rotatable bonds is 6. The quantitative estimate of drug-likeness (QED) is 0.448. The van der Waals surface area contributed by atoms with Crippen LogP contribution in [0.25, 0.3) is 11.0 Å². The van der Waals surface area contributed by atoms with Gasteiger partial charge in [0.2, 0.25) is 0 Å². The lowest BCUT2D eigenvalue weighted by Gasteiger charge is -2.33. The monoisotopic (exact) mass is 508 g/mol. The lowest BCUT2D eigenvalue weighted by atomic mass is 9.85. The van der Waals surface area contributed by atoms with Gasteiger partial charge in [0.1, 0.15) is 17.7 Å². The van der Waals surface area contributed by atoms with E-state index in [1.165, 1.54) is 30.4 Å². The van der Waals surface area contributed by atoms with Gasteiger partial charge in [0.25, 0.3) is 5.91 Å². The lowest BCUT2D eigenvalue weighted by Crippen LogP contribution is -2.47. The van der Waals surface area contributed by atoms with Crippen molar-refractivity contribution >= 4 is 23.0 Å². The van der Waals surface area contributed by atoms with Gasteiger partial charge in [0.05, 0.1) is 22.8 Å². The fourth-order valence-corrected chi connectivity index (χ4v) is 5.64. The summed E-state index contributed by atoms with van der Waals surface area (Å²) in [5.41, 5.74) is 4.01. The van der Waals surface area contributed by atoms with Crippen molar-refractivity contribution in [3.8, 4) is 0 Å². The van der Waals surface area contributed by atoms with Crippen LogP contribution in [0.3, 0.4) is 0 Å². The second-order valence-corrected chi connectivity index (χ2v) is 10.4. The van der Waals surface area contributed by atoms with Crippen LogP contribution in [0.1, 0.15) is 78.4 Å². The van der Waals surface area contributed by atoms with Gasteiger partial charge in [-0.1, -0.05) is 43.3 Å². The standard InChI is InChI=1S/C27H36N6O4/c1-18-21(17-37-31-18)26(34)30-24(20-7-5-3-2-4-6-8-20)25-28-22-10-9-19(15-23(22)29-25)16-32-11-13-33(14-12-32)27(35)36/h9-10,15,17,20,24H,2-8,11-14,16H2,1H3,(H,28,29)(H,30,34)(H,35,36). The number of H-pyrrole nitrogens is 1. The van der Waals surface area contributed by atoms with E-state index in [1.54, 1.807) is 6.92 Å². The molecule has 10 nitrogen and oxygen atoms in total. The number of hydrogen-bond donors (Lipinski definition) is 3. The highest BCUT2D eigenvalue weighted by Crippen LogP contribution is 2.33. The predicted octanol–water partition coefficient (Wildman–Crippen LogP) is 4.49. The Morgan fingerprint density at radius 1 is 1.14 bits per heavy atom. The maximum Gasteiger partial charge on any atom is 0.407 e. The summed E-state index contributed by atoms with van der Waals surface area (Å²) >= 11 is 0. The third-order valence-electron chi connectivity index (χ3n) is 7.81. The molecule has 2 aliphatic rings. The van der Waals surface area contributed by atoms with Crippen LogP contribution >= 0.6 is 0 Å². The molecule has 1 aromatic carbocycles. The number of imidazole rings is 1. The van der Waals surface area contributed by atoms with Gasteiger partial charge in [-0.25, -0.2) is 9.78 Å². The summed E-state index contributed by atoms with van der Waals surface area (Å²) in [6.07, 6.45) is 8.71. The molecular formula is C27H36N6O4. The van der Waals surface area contributed by atoms with Gasteiger partial charge < -0.3 is 24.8 Å². The van der Waals surface area contributed by atoms with Crippen LogP contribution < -0.4 is 5.32 Å². The molecule has 2 fully saturated rings. The molecular weight excluding hydrogens is 472 g/mol. The number of carbonyl (C=O) groups excluding carboxylic acids is 1. The van der Waals surface area contributed by atoms with E-state index in [-0.39, 0.29) is 11.9 Å². The summed E-state index contributed by atoms with van der Waals surface area (Å²) in [6, 6.07) is 6.01. The molecule has 1 saturated heterocycles. The van der Waals surface area contributed by atoms with Crippen molar-refractivity contribution in [3.05, 3.63) is 47.1 Å². The van der Waals surface area contributed by atoms with E-state index in [0.29, 0.717) is 30.3 Å². The number of hydrogen-bond acceptors (Lipinski definition) is 6. The number of aromatic amines is 1.